The molecule has 1 heterocycles. The Morgan fingerprint density at radius 2 is 1.71 bits per heavy atom. The first kappa shape index (κ1) is 22.0. The Morgan fingerprint density at radius 1 is 1.03 bits per heavy atom. The lowest BCUT2D eigenvalue weighted by Gasteiger charge is -2.21. The van der Waals surface area contributed by atoms with Gasteiger partial charge in [0.25, 0.3) is 11.8 Å². The lowest BCUT2D eigenvalue weighted by atomic mass is 9.93. The number of urea groups is 1. The Hall–Kier alpha value is -3.68. The maximum absolute atomic E-state index is 12.7. The summed E-state index contributed by atoms with van der Waals surface area (Å²) in [5.74, 6) is -2.01. The molecule has 1 aliphatic heterocycles. The average Bonchev–Trinajstić information content (AvgIpc) is 3.00. The molecule has 3 rings (SSSR count). The van der Waals surface area contributed by atoms with E-state index in [0.717, 1.165) is 17.5 Å². The third kappa shape index (κ3) is 5.28. The number of carbonyl (C=O) groups excluding carboxylic acids is 4. The van der Waals surface area contributed by atoms with E-state index < -0.39 is 36.0 Å². The van der Waals surface area contributed by atoms with Gasteiger partial charge in [-0.25, -0.2) is 9.59 Å². The predicted molar refractivity (Wildman–Crippen MR) is 113 cm³/mol. The lowest BCUT2D eigenvalue weighted by molar-refractivity contribution is -0.140. The van der Waals surface area contributed by atoms with Crippen molar-refractivity contribution >= 4 is 23.8 Å². The van der Waals surface area contributed by atoms with Crippen LogP contribution in [0.15, 0.2) is 54.6 Å². The summed E-state index contributed by atoms with van der Waals surface area (Å²) in [6.45, 7) is 2.99. The molecule has 2 aromatic carbocycles. The Kier molecular flexibility index (Phi) is 6.69. The molecule has 4 amide bonds. The molecule has 0 aliphatic carbocycles. The van der Waals surface area contributed by atoms with Crippen LogP contribution in [0.1, 0.15) is 41.8 Å². The van der Waals surface area contributed by atoms with Crippen molar-refractivity contribution in [1.82, 2.24) is 15.8 Å². The zero-order valence-corrected chi connectivity index (χ0v) is 17.5. The summed E-state index contributed by atoms with van der Waals surface area (Å²) in [7, 11) is 0. The van der Waals surface area contributed by atoms with E-state index in [9.17, 15) is 19.2 Å². The summed E-state index contributed by atoms with van der Waals surface area (Å²) in [6, 6.07) is 15.7. The molecule has 0 aromatic heterocycles. The first-order chi connectivity index (χ1) is 14.8. The van der Waals surface area contributed by atoms with Gasteiger partial charge in [0.1, 0.15) is 5.54 Å². The van der Waals surface area contributed by atoms with Gasteiger partial charge in [-0.1, -0.05) is 49.4 Å². The SMILES string of the molecule is CCc1ccc(C(=O)OCC(=O)NN2C(=O)N[C@@](C)(CCc3ccccc3)C2=O)cc1. The smallest absolute Gasteiger partial charge is 0.344 e. The van der Waals surface area contributed by atoms with E-state index in [1.165, 1.54) is 0 Å². The standard InChI is InChI=1S/C23H25N3O5/c1-3-16-9-11-18(12-10-16)20(28)31-15-19(27)25-26-21(29)23(2,24-22(26)30)14-13-17-7-5-4-6-8-17/h4-12H,3,13-15H2,1-2H3,(H,24,30)(H,25,27)/t23-/m0/s1. The van der Waals surface area contributed by atoms with Crippen LogP contribution in [-0.2, 0) is 27.2 Å². The van der Waals surface area contributed by atoms with E-state index in [1.807, 2.05) is 37.3 Å². The first-order valence-corrected chi connectivity index (χ1v) is 10.1. The van der Waals surface area contributed by atoms with Crippen molar-refractivity contribution in [2.75, 3.05) is 6.61 Å². The van der Waals surface area contributed by atoms with Gasteiger partial charge in [-0.3, -0.25) is 15.0 Å². The van der Waals surface area contributed by atoms with Gasteiger partial charge in [-0.2, -0.15) is 5.01 Å². The normalized spacial score (nSPS) is 17.9. The fourth-order valence-electron chi connectivity index (χ4n) is 3.24. The van der Waals surface area contributed by atoms with Crippen LogP contribution in [0.5, 0.6) is 0 Å². The molecular formula is C23H25N3O5. The monoisotopic (exact) mass is 423 g/mol. The third-order valence-corrected chi connectivity index (χ3v) is 5.19. The fourth-order valence-corrected chi connectivity index (χ4v) is 3.24. The molecule has 8 nitrogen and oxygen atoms in total. The van der Waals surface area contributed by atoms with Crippen LogP contribution in [0.3, 0.4) is 0 Å². The van der Waals surface area contributed by atoms with Crippen LogP contribution in [0.4, 0.5) is 4.79 Å². The Balaban J connectivity index is 1.52. The minimum absolute atomic E-state index is 0.313. The van der Waals surface area contributed by atoms with Gasteiger partial charge in [-0.05, 0) is 49.4 Å². The van der Waals surface area contributed by atoms with Crippen LogP contribution in [0, 0.1) is 0 Å². The van der Waals surface area contributed by atoms with Crippen molar-refractivity contribution in [2.45, 2.75) is 38.6 Å². The summed E-state index contributed by atoms with van der Waals surface area (Å²) in [5.41, 5.74) is 3.49. The second-order valence-corrected chi connectivity index (χ2v) is 7.55. The Bertz CT molecular complexity index is 974. The Morgan fingerprint density at radius 3 is 2.35 bits per heavy atom. The van der Waals surface area contributed by atoms with Gasteiger partial charge in [0, 0.05) is 0 Å². The minimum Gasteiger partial charge on any atom is -0.452 e. The molecule has 2 aromatic rings. The predicted octanol–water partition coefficient (Wildman–Crippen LogP) is 2.38. The molecular weight excluding hydrogens is 398 g/mol. The van der Waals surface area contributed by atoms with Crippen molar-refractivity contribution in [1.29, 1.82) is 0 Å². The van der Waals surface area contributed by atoms with Crippen LogP contribution in [0.2, 0.25) is 0 Å². The number of amides is 4. The van der Waals surface area contributed by atoms with Crippen LogP contribution in [0.25, 0.3) is 0 Å². The number of hydrogen-bond donors (Lipinski definition) is 2. The highest BCUT2D eigenvalue weighted by molar-refractivity contribution is 6.07. The summed E-state index contributed by atoms with van der Waals surface area (Å²) in [5, 5.41) is 3.26. The number of rotatable bonds is 8. The second-order valence-electron chi connectivity index (χ2n) is 7.55. The molecule has 1 aliphatic rings. The molecule has 1 atom stereocenters. The number of imide groups is 1. The topological polar surface area (TPSA) is 105 Å². The van der Waals surface area contributed by atoms with Crippen molar-refractivity contribution < 1.29 is 23.9 Å². The number of benzene rings is 2. The van der Waals surface area contributed by atoms with Gasteiger partial charge in [0.15, 0.2) is 6.61 Å². The maximum Gasteiger partial charge on any atom is 0.344 e. The average molecular weight is 423 g/mol. The number of aryl methyl sites for hydroxylation is 2. The third-order valence-electron chi connectivity index (χ3n) is 5.19. The van der Waals surface area contributed by atoms with E-state index in [0.29, 0.717) is 23.4 Å². The maximum atomic E-state index is 12.7. The highest BCUT2D eigenvalue weighted by Crippen LogP contribution is 2.22. The van der Waals surface area contributed by atoms with Gasteiger partial charge in [-0.15, -0.1) is 0 Å². The van der Waals surface area contributed by atoms with Crippen LogP contribution < -0.4 is 10.7 Å². The van der Waals surface area contributed by atoms with Gasteiger partial charge < -0.3 is 10.1 Å². The van der Waals surface area contributed by atoms with Gasteiger partial charge in [0.2, 0.25) is 0 Å². The Labute approximate surface area is 180 Å². The van der Waals surface area contributed by atoms with Crippen molar-refractivity contribution in [3.05, 3.63) is 71.3 Å². The minimum atomic E-state index is -1.14. The number of ether oxygens (including phenoxy) is 1. The lowest BCUT2D eigenvalue weighted by Crippen LogP contribution is -2.50. The summed E-state index contributed by atoms with van der Waals surface area (Å²) >= 11 is 0. The quantitative estimate of drug-likeness (QED) is 0.501. The molecule has 0 saturated carbocycles. The molecule has 0 unspecified atom stereocenters. The molecule has 2 N–H and O–H groups in total. The van der Waals surface area contributed by atoms with Crippen molar-refractivity contribution in [3.63, 3.8) is 0 Å². The first-order valence-electron chi connectivity index (χ1n) is 10.1. The number of carbonyl (C=O) groups is 4. The van der Waals surface area contributed by atoms with E-state index in [4.69, 9.17) is 4.74 Å². The molecule has 31 heavy (non-hydrogen) atoms. The molecule has 0 spiro atoms. The highest BCUT2D eigenvalue weighted by Gasteiger charge is 2.48. The number of nitrogens with zero attached hydrogens (tertiary/aromatic N) is 1. The van der Waals surface area contributed by atoms with E-state index in [-0.39, 0.29) is 0 Å². The molecule has 8 heteroatoms. The van der Waals surface area contributed by atoms with E-state index >= 15 is 0 Å². The van der Waals surface area contributed by atoms with Gasteiger partial charge in [0.05, 0.1) is 5.56 Å². The van der Waals surface area contributed by atoms with E-state index in [1.54, 1.807) is 31.2 Å². The molecule has 1 saturated heterocycles. The van der Waals surface area contributed by atoms with Gasteiger partial charge >= 0.3 is 12.0 Å². The van der Waals surface area contributed by atoms with E-state index in [2.05, 4.69) is 10.7 Å². The largest absolute Gasteiger partial charge is 0.452 e. The molecule has 0 radical (unpaired) electrons. The fraction of sp³-hybridized carbons (Fsp3) is 0.304. The van der Waals surface area contributed by atoms with Crippen molar-refractivity contribution in [2.24, 2.45) is 0 Å². The van der Waals surface area contributed by atoms with Crippen LogP contribution in [-0.4, -0.2) is 41.0 Å². The second kappa shape index (κ2) is 9.42. The number of hydrogen-bond acceptors (Lipinski definition) is 5. The summed E-state index contributed by atoms with van der Waals surface area (Å²) < 4.78 is 4.98. The van der Waals surface area contributed by atoms with Crippen LogP contribution >= 0.6 is 0 Å². The number of hydrazine groups is 1. The summed E-state index contributed by atoms with van der Waals surface area (Å²) in [4.78, 5) is 49.2. The number of esters is 1. The van der Waals surface area contributed by atoms with Crippen molar-refractivity contribution in [3.8, 4) is 0 Å². The molecule has 162 valence electrons. The summed E-state index contributed by atoms with van der Waals surface area (Å²) in [6.07, 6.45) is 1.80. The zero-order chi connectivity index (χ0) is 22.4. The molecule has 0 bridgehead atoms. The zero-order valence-electron chi connectivity index (χ0n) is 17.5. The molecule has 1 fully saturated rings. The number of nitrogens with one attached hydrogen (secondary N) is 2. The highest BCUT2D eigenvalue weighted by atomic mass is 16.5.